The predicted octanol–water partition coefficient (Wildman–Crippen LogP) is 3.60. The van der Waals surface area contributed by atoms with Crippen molar-refractivity contribution in [2.75, 3.05) is 18.0 Å². The summed E-state index contributed by atoms with van der Waals surface area (Å²) in [5.41, 5.74) is 0.758. The van der Waals surface area contributed by atoms with E-state index in [0.29, 0.717) is 17.8 Å². The zero-order valence-corrected chi connectivity index (χ0v) is 11.9. The summed E-state index contributed by atoms with van der Waals surface area (Å²) in [5.74, 6) is -0.900. The number of hydrogen-bond acceptors (Lipinski definition) is 2. The molecule has 0 radical (unpaired) electrons. The molecule has 2 rings (SSSR count). The largest absolute Gasteiger partial charge is 0.362 e. The van der Waals surface area contributed by atoms with E-state index in [4.69, 9.17) is 0 Å². The Bertz CT molecular complexity index is 628. The van der Waals surface area contributed by atoms with Crippen LogP contribution in [0.2, 0.25) is 0 Å². The van der Waals surface area contributed by atoms with E-state index in [1.807, 2.05) is 6.92 Å². The van der Waals surface area contributed by atoms with Gasteiger partial charge in [-0.1, -0.05) is 30.3 Å². The summed E-state index contributed by atoms with van der Waals surface area (Å²) < 4.78 is 27.3. The van der Waals surface area contributed by atoms with E-state index in [9.17, 15) is 13.6 Å². The van der Waals surface area contributed by atoms with Crippen molar-refractivity contribution in [3.05, 3.63) is 65.7 Å². The normalized spacial score (nSPS) is 10.4. The highest BCUT2D eigenvalue weighted by Crippen LogP contribution is 2.18. The zero-order chi connectivity index (χ0) is 15.2. The minimum absolute atomic E-state index is 0.0115. The van der Waals surface area contributed by atoms with Crippen LogP contribution in [0.4, 0.5) is 14.5 Å². The number of rotatable bonds is 6. The number of para-hydroxylation sites is 1. The number of benzene rings is 2. The minimum atomic E-state index is -0.389. The first kappa shape index (κ1) is 15.2. The maximum Gasteiger partial charge on any atom is 0.156 e. The lowest BCUT2D eigenvalue weighted by Crippen LogP contribution is -2.31. The molecule has 0 spiro atoms. The summed E-state index contributed by atoms with van der Waals surface area (Å²) in [6.07, 6.45) is 0.0115. The molecular formula is C17H17F2NO. The van der Waals surface area contributed by atoms with E-state index in [2.05, 4.69) is 0 Å². The second-order valence-corrected chi connectivity index (χ2v) is 4.77. The Morgan fingerprint density at radius 1 is 1.00 bits per heavy atom. The van der Waals surface area contributed by atoms with E-state index < -0.39 is 0 Å². The standard InChI is InChI=1S/C17H17F2NO/c1-2-20(17-10-6-5-9-16(17)19)12-14(21)11-13-7-3-4-8-15(13)18/h3-10H,2,11-12H2,1H3. The molecule has 0 atom stereocenters. The first-order valence-electron chi connectivity index (χ1n) is 6.86. The van der Waals surface area contributed by atoms with Gasteiger partial charge in [-0.3, -0.25) is 4.79 Å². The fraction of sp³-hybridized carbons (Fsp3) is 0.235. The van der Waals surface area contributed by atoms with Gasteiger partial charge in [-0.05, 0) is 30.7 Å². The van der Waals surface area contributed by atoms with E-state index in [1.54, 1.807) is 41.3 Å². The first-order valence-corrected chi connectivity index (χ1v) is 6.86. The maximum absolute atomic E-state index is 13.8. The van der Waals surface area contributed by atoms with Crippen LogP contribution in [0, 0.1) is 11.6 Å². The second-order valence-electron chi connectivity index (χ2n) is 4.77. The quantitative estimate of drug-likeness (QED) is 0.810. The molecule has 0 aliphatic carbocycles. The SMILES string of the molecule is CCN(CC(=O)Cc1ccccc1F)c1ccccc1F. The summed E-state index contributed by atoms with van der Waals surface area (Å²) in [7, 11) is 0. The minimum Gasteiger partial charge on any atom is -0.362 e. The molecule has 2 aromatic rings. The van der Waals surface area contributed by atoms with Crippen molar-refractivity contribution in [1.82, 2.24) is 0 Å². The lowest BCUT2D eigenvalue weighted by atomic mass is 10.1. The van der Waals surface area contributed by atoms with Gasteiger partial charge < -0.3 is 4.90 Å². The summed E-state index contributed by atoms with van der Waals surface area (Å²) in [5, 5.41) is 0. The van der Waals surface area contributed by atoms with Crippen LogP contribution in [0.5, 0.6) is 0 Å². The molecule has 0 aliphatic rings. The van der Waals surface area contributed by atoms with Crippen LogP contribution < -0.4 is 4.90 Å². The molecular weight excluding hydrogens is 272 g/mol. The number of anilines is 1. The molecule has 0 heterocycles. The van der Waals surface area contributed by atoms with Crippen LogP contribution in [-0.4, -0.2) is 18.9 Å². The third-order valence-corrected chi connectivity index (χ3v) is 3.29. The van der Waals surface area contributed by atoms with Gasteiger partial charge in [-0.15, -0.1) is 0 Å². The van der Waals surface area contributed by atoms with Gasteiger partial charge in [0.15, 0.2) is 5.78 Å². The summed E-state index contributed by atoms with van der Waals surface area (Å²) in [4.78, 5) is 13.7. The summed E-state index contributed by atoms with van der Waals surface area (Å²) in [6, 6.07) is 12.5. The first-order chi connectivity index (χ1) is 10.1. The van der Waals surface area contributed by atoms with Crippen molar-refractivity contribution >= 4 is 11.5 Å². The number of ketones is 1. The van der Waals surface area contributed by atoms with E-state index in [1.165, 1.54) is 12.1 Å². The Balaban J connectivity index is 2.07. The summed E-state index contributed by atoms with van der Waals surface area (Å²) >= 11 is 0. The van der Waals surface area contributed by atoms with Crippen LogP contribution in [0.3, 0.4) is 0 Å². The second kappa shape index (κ2) is 6.97. The van der Waals surface area contributed by atoms with Crippen LogP contribution in [0.1, 0.15) is 12.5 Å². The Kier molecular flexibility index (Phi) is 5.04. The smallest absolute Gasteiger partial charge is 0.156 e. The Morgan fingerprint density at radius 3 is 2.24 bits per heavy atom. The van der Waals surface area contributed by atoms with Gasteiger partial charge in [-0.25, -0.2) is 8.78 Å². The van der Waals surface area contributed by atoms with Crippen LogP contribution in [0.15, 0.2) is 48.5 Å². The fourth-order valence-electron chi connectivity index (χ4n) is 2.20. The highest BCUT2D eigenvalue weighted by atomic mass is 19.1. The molecule has 2 nitrogen and oxygen atoms in total. The molecule has 0 unspecified atom stereocenters. The zero-order valence-electron chi connectivity index (χ0n) is 11.9. The average Bonchev–Trinajstić information content (AvgIpc) is 2.48. The van der Waals surface area contributed by atoms with Gasteiger partial charge in [0.25, 0.3) is 0 Å². The van der Waals surface area contributed by atoms with E-state index in [-0.39, 0.29) is 30.4 Å². The topological polar surface area (TPSA) is 20.3 Å². The molecule has 0 saturated carbocycles. The average molecular weight is 289 g/mol. The lowest BCUT2D eigenvalue weighted by Gasteiger charge is -2.22. The molecule has 2 aromatic carbocycles. The van der Waals surface area contributed by atoms with Crippen molar-refractivity contribution in [3.63, 3.8) is 0 Å². The number of nitrogens with zero attached hydrogens (tertiary/aromatic N) is 1. The van der Waals surface area contributed by atoms with Crippen LogP contribution in [0.25, 0.3) is 0 Å². The van der Waals surface area contributed by atoms with Crippen LogP contribution in [-0.2, 0) is 11.2 Å². The molecule has 0 fully saturated rings. The van der Waals surface area contributed by atoms with Gasteiger partial charge >= 0.3 is 0 Å². The number of carbonyl (C=O) groups excluding carboxylic acids is 1. The monoisotopic (exact) mass is 289 g/mol. The molecule has 21 heavy (non-hydrogen) atoms. The molecule has 0 bridgehead atoms. The van der Waals surface area contributed by atoms with Crippen molar-refractivity contribution < 1.29 is 13.6 Å². The lowest BCUT2D eigenvalue weighted by molar-refractivity contribution is -0.117. The molecule has 0 aromatic heterocycles. The molecule has 0 saturated heterocycles. The Labute approximate surface area is 123 Å². The molecule has 0 aliphatic heterocycles. The van der Waals surface area contributed by atoms with Gasteiger partial charge in [0.1, 0.15) is 11.6 Å². The van der Waals surface area contributed by atoms with Crippen molar-refractivity contribution in [3.8, 4) is 0 Å². The van der Waals surface area contributed by atoms with Gasteiger partial charge in [-0.2, -0.15) is 0 Å². The number of likely N-dealkylation sites (N-methyl/N-ethyl adjacent to an activating group) is 1. The van der Waals surface area contributed by atoms with Gasteiger partial charge in [0, 0.05) is 13.0 Å². The van der Waals surface area contributed by atoms with Crippen LogP contribution >= 0.6 is 0 Å². The van der Waals surface area contributed by atoms with Crippen molar-refractivity contribution in [2.45, 2.75) is 13.3 Å². The molecule has 4 heteroatoms. The molecule has 0 amide bonds. The highest BCUT2D eigenvalue weighted by molar-refractivity contribution is 5.85. The van der Waals surface area contributed by atoms with E-state index >= 15 is 0 Å². The highest BCUT2D eigenvalue weighted by Gasteiger charge is 2.14. The third kappa shape index (κ3) is 3.88. The maximum atomic E-state index is 13.8. The van der Waals surface area contributed by atoms with Crippen molar-refractivity contribution in [1.29, 1.82) is 0 Å². The van der Waals surface area contributed by atoms with Crippen molar-refractivity contribution in [2.24, 2.45) is 0 Å². The van der Waals surface area contributed by atoms with E-state index in [0.717, 1.165) is 0 Å². The molecule has 110 valence electrons. The number of halogens is 2. The fourth-order valence-corrected chi connectivity index (χ4v) is 2.20. The Morgan fingerprint density at radius 2 is 1.62 bits per heavy atom. The predicted molar refractivity (Wildman–Crippen MR) is 79.4 cm³/mol. The number of carbonyl (C=O) groups is 1. The third-order valence-electron chi connectivity index (χ3n) is 3.29. The summed E-state index contributed by atoms with van der Waals surface area (Å²) in [6.45, 7) is 2.42. The number of Topliss-reactive ketones (excluding diaryl/α,β-unsaturated/α-hetero) is 1. The van der Waals surface area contributed by atoms with Gasteiger partial charge in [0.2, 0.25) is 0 Å². The molecule has 0 N–H and O–H groups in total. The van der Waals surface area contributed by atoms with Gasteiger partial charge in [0.05, 0.1) is 12.2 Å². The Hall–Kier alpha value is -2.23. The number of hydrogen-bond donors (Lipinski definition) is 0.